The Morgan fingerprint density at radius 3 is 2.70 bits per heavy atom. The van der Waals surface area contributed by atoms with Gasteiger partial charge in [0.1, 0.15) is 5.69 Å². The zero-order chi connectivity index (χ0) is 26.9. The number of anilines is 1. The van der Waals surface area contributed by atoms with Gasteiger partial charge in [-0.3, -0.25) is 24.8 Å². The van der Waals surface area contributed by atoms with Gasteiger partial charge in [-0.1, -0.05) is 18.2 Å². The number of benzene rings is 1. The predicted molar refractivity (Wildman–Crippen MR) is 156 cm³/mol. The molecule has 6 aromatic rings. The van der Waals surface area contributed by atoms with E-state index in [4.69, 9.17) is 0 Å². The summed E-state index contributed by atoms with van der Waals surface area (Å²) in [6.45, 7) is 1.95. The highest BCUT2D eigenvalue weighted by Gasteiger charge is 2.18. The molecule has 1 aliphatic rings. The van der Waals surface area contributed by atoms with Gasteiger partial charge >= 0.3 is 0 Å². The maximum Gasteiger partial charge on any atom is 0.224 e. The molecule has 1 saturated heterocycles. The Labute approximate surface area is 230 Å². The topological polar surface area (TPSA) is 124 Å². The number of rotatable bonds is 6. The number of nitrogens with one attached hydrogen (secondary N) is 4. The van der Waals surface area contributed by atoms with Crippen molar-refractivity contribution >= 4 is 33.4 Å². The number of fused-ring (bicyclic) bond motifs is 2. The summed E-state index contributed by atoms with van der Waals surface area (Å²) in [6, 6.07) is 18.2. The van der Waals surface area contributed by atoms with Crippen LogP contribution < -0.4 is 10.6 Å². The van der Waals surface area contributed by atoms with E-state index >= 15 is 0 Å². The second-order valence-corrected chi connectivity index (χ2v) is 10.3. The summed E-state index contributed by atoms with van der Waals surface area (Å²) in [4.78, 5) is 29.8. The van der Waals surface area contributed by atoms with Crippen molar-refractivity contribution in [2.75, 3.05) is 18.4 Å². The van der Waals surface area contributed by atoms with Gasteiger partial charge in [0, 0.05) is 46.2 Å². The number of hydrogen-bond donors (Lipinski definition) is 4. The first-order chi connectivity index (χ1) is 19.7. The van der Waals surface area contributed by atoms with Crippen LogP contribution in [0.1, 0.15) is 19.3 Å². The first-order valence-corrected chi connectivity index (χ1v) is 13.5. The van der Waals surface area contributed by atoms with Gasteiger partial charge in [-0.25, -0.2) is 0 Å². The Kier molecular flexibility index (Phi) is 6.25. The van der Waals surface area contributed by atoms with E-state index < -0.39 is 0 Å². The van der Waals surface area contributed by atoms with Crippen molar-refractivity contribution in [3.05, 3.63) is 79.4 Å². The lowest BCUT2D eigenvalue weighted by Gasteiger charge is -2.21. The zero-order valence-corrected chi connectivity index (χ0v) is 21.8. The van der Waals surface area contributed by atoms with E-state index in [2.05, 4.69) is 59.0 Å². The van der Waals surface area contributed by atoms with Gasteiger partial charge in [-0.2, -0.15) is 5.10 Å². The molecule has 1 fully saturated rings. The molecule has 0 aliphatic carbocycles. The minimum Gasteiger partial charge on any atom is -0.353 e. The van der Waals surface area contributed by atoms with Crippen molar-refractivity contribution in [1.82, 2.24) is 35.5 Å². The molecule has 198 valence electrons. The standard InChI is InChI=1S/C31H28N8O/c40-30(12-19-7-10-32-11-8-19)36-21-13-20(16-33-17-21)27-15-24-29(18-35-27)38-39-31(24)28-14-23-22(4-3-6-26(23)37-28)25-5-1-2-9-34-25/h1-6,9,13-19,32,37H,7-8,10-12H2,(H,36,40)(H,38,39). The van der Waals surface area contributed by atoms with E-state index in [9.17, 15) is 4.79 Å². The van der Waals surface area contributed by atoms with Gasteiger partial charge in [0.2, 0.25) is 5.91 Å². The van der Waals surface area contributed by atoms with Crippen LogP contribution in [0.2, 0.25) is 0 Å². The van der Waals surface area contributed by atoms with E-state index in [0.717, 1.165) is 81.6 Å². The molecule has 4 N–H and O–H groups in total. The van der Waals surface area contributed by atoms with Crippen molar-refractivity contribution in [1.29, 1.82) is 0 Å². The number of H-pyrrole nitrogens is 2. The summed E-state index contributed by atoms with van der Waals surface area (Å²) in [5.41, 5.74) is 7.79. The SMILES string of the molecule is O=C(CC1CCNCC1)Nc1cncc(-c2cc3c(-c4cc5c(-c6ccccn6)cccc5[nH]4)n[nH]c3cn2)c1. The Morgan fingerprint density at radius 2 is 1.82 bits per heavy atom. The Bertz CT molecular complexity index is 1820. The summed E-state index contributed by atoms with van der Waals surface area (Å²) < 4.78 is 0. The molecule has 1 aromatic carbocycles. The maximum atomic E-state index is 12.7. The first-order valence-electron chi connectivity index (χ1n) is 13.5. The normalized spacial score (nSPS) is 14.1. The van der Waals surface area contributed by atoms with Crippen LogP contribution in [0.3, 0.4) is 0 Å². The fraction of sp³-hybridized carbons (Fsp3) is 0.194. The minimum absolute atomic E-state index is 0.0234. The number of amides is 1. The van der Waals surface area contributed by atoms with Crippen LogP contribution in [0.5, 0.6) is 0 Å². The third kappa shape index (κ3) is 4.71. The molecule has 9 nitrogen and oxygen atoms in total. The highest BCUT2D eigenvalue weighted by molar-refractivity contribution is 6.01. The Morgan fingerprint density at radius 1 is 0.900 bits per heavy atom. The van der Waals surface area contributed by atoms with E-state index in [1.165, 1.54) is 0 Å². The molecule has 0 bridgehead atoms. The van der Waals surface area contributed by atoms with Gasteiger partial charge in [0.05, 0.1) is 40.7 Å². The number of nitrogens with zero attached hydrogens (tertiary/aromatic N) is 4. The lowest BCUT2D eigenvalue weighted by atomic mass is 9.94. The van der Waals surface area contributed by atoms with Crippen LogP contribution in [-0.4, -0.2) is 49.1 Å². The third-order valence-electron chi connectivity index (χ3n) is 7.56. The lowest BCUT2D eigenvalue weighted by Crippen LogP contribution is -2.30. The van der Waals surface area contributed by atoms with Crippen molar-refractivity contribution in [2.45, 2.75) is 19.3 Å². The van der Waals surface area contributed by atoms with E-state index in [1.807, 2.05) is 36.4 Å². The van der Waals surface area contributed by atoms with Crippen LogP contribution in [0.25, 0.3) is 55.7 Å². The zero-order valence-electron chi connectivity index (χ0n) is 21.8. The second kappa shape index (κ2) is 10.3. The number of carbonyl (C=O) groups excluding carboxylic acids is 1. The fourth-order valence-electron chi connectivity index (χ4n) is 5.52. The summed E-state index contributed by atoms with van der Waals surface area (Å²) in [5.74, 6) is 0.445. The van der Waals surface area contributed by atoms with Crippen LogP contribution in [-0.2, 0) is 4.79 Å². The highest BCUT2D eigenvalue weighted by Crippen LogP contribution is 2.34. The monoisotopic (exact) mass is 528 g/mol. The summed E-state index contributed by atoms with van der Waals surface area (Å²) in [6.07, 6.45) is 9.62. The number of hydrogen-bond acceptors (Lipinski definition) is 6. The first kappa shape index (κ1) is 24.2. The third-order valence-corrected chi connectivity index (χ3v) is 7.56. The maximum absolute atomic E-state index is 12.7. The molecule has 6 heterocycles. The molecule has 9 heteroatoms. The van der Waals surface area contributed by atoms with Crippen molar-refractivity contribution in [3.63, 3.8) is 0 Å². The summed E-state index contributed by atoms with van der Waals surface area (Å²) >= 11 is 0. The van der Waals surface area contributed by atoms with Crippen molar-refractivity contribution < 1.29 is 4.79 Å². The minimum atomic E-state index is 0.0234. The molecule has 0 radical (unpaired) electrons. The van der Waals surface area contributed by atoms with Crippen LogP contribution in [0.15, 0.2) is 79.4 Å². The van der Waals surface area contributed by atoms with Crippen LogP contribution in [0, 0.1) is 5.92 Å². The van der Waals surface area contributed by atoms with E-state index in [1.54, 1.807) is 24.8 Å². The molecule has 5 aromatic heterocycles. The molecule has 0 atom stereocenters. The Hall–Kier alpha value is -4.89. The fourth-order valence-corrected chi connectivity index (χ4v) is 5.52. The van der Waals surface area contributed by atoms with Gasteiger partial charge in [-0.05, 0) is 68.2 Å². The molecule has 0 saturated carbocycles. The number of carbonyl (C=O) groups is 1. The van der Waals surface area contributed by atoms with Gasteiger partial charge in [0.15, 0.2) is 0 Å². The van der Waals surface area contributed by atoms with Crippen LogP contribution in [0.4, 0.5) is 5.69 Å². The molecular formula is C31H28N8O. The molecule has 0 spiro atoms. The lowest BCUT2D eigenvalue weighted by molar-refractivity contribution is -0.117. The summed E-state index contributed by atoms with van der Waals surface area (Å²) in [5, 5.41) is 16.1. The Balaban J connectivity index is 1.19. The quantitative estimate of drug-likeness (QED) is 0.224. The molecule has 40 heavy (non-hydrogen) atoms. The molecular weight excluding hydrogens is 500 g/mol. The smallest absolute Gasteiger partial charge is 0.224 e. The molecule has 0 unspecified atom stereocenters. The van der Waals surface area contributed by atoms with Crippen molar-refractivity contribution in [3.8, 4) is 33.9 Å². The van der Waals surface area contributed by atoms with Crippen LogP contribution >= 0.6 is 0 Å². The highest BCUT2D eigenvalue weighted by atomic mass is 16.1. The largest absolute Gasteiger partial charge is 0.353 e. The number of aromatic amines is 2. The second-order valence-electron chi connectivity index (χ2n) is 10.3. The van der Waals surface area contributed by atoms with E-state index in [0.29, 0.717) is 18.0 Å². The number of piperidine rings is 1. The number of pyridine rings is 3. The average Bonchev–Trinajstić information content (AvgIpc) is 3.62. The van der Waals surface area contributed by atoms with Gasteiger partial charge in [0.25, 0.3) is 0 Å². The molecule has 1 amide bonds. The van der Waals surface area contributed by atoms with Gasteiger partial charge in [-0.15, -0.1) is 0 Å². The molecule has 7 rings (SSSR count). The average molecular weight is 529 g/mol. The number of aromatic nitrogens is 6. The van der Waals surface area contributed by atoms with Crippen molar-refractivity contribution in [2.24, 2.45) is 5.92 Å². The molecule has 1 aliphatic heterocycles. The predicted octanol–water partition coefficient (Wildman–Crippen LogP) is 5.56. The summed E-state index contributed by atoms with van der Waals surface area (Å²) in [7, 11) is 0. The van der Waals surface area contributed by atoms with E-state index in [-0.39, 0.29) is 5.91 Å². The van der Waals surface area contributed by atoms with Gasteiger partial charge < -0.3 is 15.6 Å².